The second-order valence-electron chi connectivity index (χ2n) is 1.59. The first kappa shape index (κ1) is 9.41. The maximum Gasteiger partial charge on any atom is 0.360 e. The number of hydrogen-bond acceptors (Lipinski definition) is 5. The van der Waals surface area contributed by atoms with Crippen LogP contribution in [0.4, 0.5) is 0 Å². The zero-order valence-corrected chi connectivity index (χ0v) is 5.94. The Morgan fingerprint density at radius 1 is 1.82 bits per heavy atom. The number of nitro groups is 1. The minimum absolute atomic E-state index is 0.144. The first-order chi connectivity index (χ1) is 5.07. The molecule has 0 aliphatic rings. The van der Waals surface area contributed by atoms with Crippen LogP contribution in [0.5, 0.6) is 0 Å². The Morgan fingerprint density at radius 3 is 2.73 bits per heavy atom. The molecule has 0 aliphatic heterocycles. The molecule has 6 heteroatoms. The summed E-state index contributed by atoms with van der Waals surface area (Å²) in [5.74, 6) is -0.871. The first-order valence-electron chi connectivity index (χ1n) is 2.85. The Morgan fingerprint density at radius 2 is 2.36 bits per heavy atom. The number of nitrogens with zero attached hydrogens (tertiary/aromatic N) is 1. The van der Waals surface area contributed by atoms with E-state index in [2.05, 4.69) is 4.74 Å². The lowest BCUT2D eigenvalue weighted by molar-refractivity contribution is -0.403. The summed E-state index contributed by atoms with van der Waals surface area (Å²) in [5, 5.41) is 9.76. The van der Waals surface area contributed by atoms with E-state index in [1.807, 2.05) is 0 Å². The summed E-state index contributed by atoms with van der Waals surface area (Å²) in [6.07, 6.45) is 0.401. The van der Waals surface area contributed by atoms with Crippen molar-refractivity contribution in [3.8, 4) is 0 Å². The van der Waals surface area contributed by atoms with E-state index in [0.717, 1.165) is 0 Å². The third kappa shape index (κ3) is 3.90. The van der Waals surface area contributed by atoms with Gasteiger partial charge in [0.05, 0.1) is 11.5 Å². The molecule has 0 aliphatic carbocycles. The van der Waals surface area contributed by atoms with Gasteiger partial charge < -0.3 is 10.5 Å². The van der Waals surface area contributed by atoms with Crippen LogP contribution in [0.25, 0.3) is 0 Å². The number of carbonyl (C=O) groups excluding carboxylic acids is 1. The lowest BCUT2D eigenvalue weighted by atomic mass is 10.5. The van der Waals surface area contributed by atoms with Crippen LogP contribution in [0.1, 0.15) is 6.92 Å². The smallest absolute Gasteiger partial charge is 0.360 e. The molecule has 0 spiro atoms. The normalized spacial score (nSPS) is 10.8. The number of rotatable bonds is 3. The van der Waals surface area contributed by atoms with E-state index in [9.17, 15) is 14.9 Å². The molecule has 0 rings (SSSR count). The first-order valence-corrected chi connectivity index (χ1v) is 2.85. The highest BCUT2D eigenvalue weighted by molar-refractivity contribution is 5.86. The van der Waals surface area contributed by atoms with Crippen molar-refractivity contribution in [1.82, 2.24) is 0 Å². The topological polar surface area (TPSA) is 95.5 Å². The van der Waals surface area contributed by atoms with E-state index in [4.69, 9.17) is 5.73 Å². The Labute approximate surface area is 62.8 Å². The summed E-state index contributed by atoms with van der Waals surface area (Å²) in [6, 6.07) is 0. The number of nitrogens with two attached hydrogens (primary N) is 1. The molecule has 0 atom stereocenters. The lowest BCUT2D eigenvalue weighted by Crippen LogP contribution is -2.15. The highest BCUT2D eigenvalue weighted by Gasteiger charge is 2.08. The van der Waals surface area contributed by atoms with Gasteiger partial charge in [-0.3, -0.25) is 10.1 Å². The maximum absolute atomic E-state index is 10.6. The Hall–Kier alpha value is -1.59. The molecule has 6 nitrogen and oxygen atoms in total. The van der Waals surface area contributed by atoms with Gasteiger partial charge in [-0.05, 0) is 6.92 Å². The fraction of sp³-hybridized carbons (Fsp3) is 0.400. The van der Waals surface area contributed by atoms with Crippen LogP contribution in [0.2, 0.25) is 0 Å². The number of esters is 1. The standard InChI is InChI=1S/C5H8N2O4/c1-2-11-5(8)4(6)3-7(9)10/h3H,2,6H2,1H3. The molecular formula is C5H8N2O4. The predicted molar refractivity (Wildman–Crippen MR) is 35.9 cm³/mol. The van der Waals surface area contributed by atoms with Crippen LogP contribution in [0, 0.1) is 10.1 Å². The lowest BCUT2D eigenvalue weighted by Gasteiger charge is -1.97. The second kappa shape index (κ2) is 4.26. The van der Waals surface area contributed by atoms with Crippen molar-refractivity contribution in [2.24, 2.45) is 5.73 Å². The minimum atomic E-state index is -0.871. The molecule has 0 unspecified atom stereocenters. The summed E-state index contributed by atoms with van der Waals surface area (Å²) < 4.78 is 4.37. The van der Waals surface area contributed by atoms with Crippen LogP contribution in [-0.2, 0) is 9.53 Å². The fourth-order valence-corrected chi connectivity index (χ4v) is 0.381. The molecule has 0 bridgehead atoms. The van der Waals surface area contributed by atoms with E-state index in [1.54, 1.807) is 6.92 Å². The largest absolute Gasteiger partial charge is 0.461 e. The molecule has 62 valence electrons. The molecule has 11 heavy (non-hydrogen) atoms. The van der Waals surface area contributed by atoms with Crippen molar-refractivity contribution in [2.45, 2.75) is 6.92 Å². The van der Waals surface area contributed by atoms with E-state index in [0.29, 0.717) is 6.20 Å². The molecule has 0 amide bonds. The van der Waals surface area contributed by atoms with Gasteiger partial charge >= 0.3 is 5.97 Å². The quantitative estimate of drug-likeness (QED) is 0.263. The molecule has 2 N–H and O–H groups in total. The van der Waals surface area contributed by atoms with Crippen molar-refractivity contribution in [3.63, 3.8) is 0 Å². The molecule has 0 heterocycles. The van der Waals surface area contributed by atoms with Crippen molar-refractivity contribution in [2.75, 3.05) is 6.61 Å². The summed E-state index contributed by atoms with van der Waals surface area (Å²) in [7, 11) is 0. The SMILES string of the molecule is CCOC(=O)C(N)=C[N+](=O)[O-]. The van der Waals surface area contributed by atoms with Gasteiger partial charge in [-0.2, -0.15) is 0 Å². The molecule has 0 radical (unpaired) electrons. The van der Waals surface area contributed by atoms with Crippen molar-refractivity contribution in [1.29, 1.82) is 0 Å². The predicted octanol–water partition coefficient (Wildman–Crippen LogP) is -0.374. The van der Waals surface area contributed by atoms with Crippen LogP contribution in [0.15, 0.2) is 11.9 Å². The summed E-state index contributed by atoms with van der Waals surface area (Å²) in [5.41, 5.74) is 4.45. The van der Waals surface area contributed by atoms with E-state index < -0.39 is 16.6 Å². The molecule has 0 saturated carbocycles. The van der Waals surface area contributed by atoms with Gasteiger partial charge in [0.2, 0.25) is 0 Å². The van der Waals surface area contributed by atoms with Crippen molar-refractivity contribution < 1.29 is 14.5 Å². The third-order valence-electron chi connectivity index (χ3n) is 0.756. The minimum Gasteiger partial charge on any atom is -0.461 e. The van der Waals surface area contributed by atoms with Crippen LogP contribution >= 0.6 is 0 Å². The van der Waals surface area contributed by atoms with Crippen LogP contribution in [0.3, 0.4) is 0 Å². The number of carbonyl (C=O) groups is 1. The molecule has 0 aromatic carbocycles. The molecule has 0 fully saturated rings. The average molecular weight is 160 g/mol. The zero-order valence-electron chi connectivity index (χ0n) is 5.94. The summed E-state index contributed by atoms with van der Waals surface area (Å²) in [6.45, 7) is 1.72. The molecule has 0 aromatic heterocycles. The fourth-order valence-electron chi connectivity index (χ4n) is 0.381. The van der Waals surface area contributed by atoms with Gasteiger partial charge in [0.15, 0.2) is 5.70 Å². The molecular weight excluding hydrogens is 152 g/mol. The highest BCUT2D eigenvalue weighted by Crippen LogP contribution is 1.88. The van der Waals surface area contributed by atoms with Gasteiger partial charge in [0.25, 0.3) is 6.20 Å². The molecule has 0 saturated heterocycles. The summed E-state index contributed by atoms with van der Waals surface area (Å²) in [4.78, 5) is 19.5. The monoisotopic (exact) mass is 160 g/mol. The van der Waals surface area contributed by atoms with E-state index >= 15 is 0 Å². The van der Waals surface area contributed by atoms with Crippen LogP contribution < -0.4 is 5.73 Å². The number of hydrogen-bond donors (Lipinski definition) is 1. The van der Waals surface area contributed by atoms with Gasteiger partial charge in [0.1, 0.15) is 0 Å². The van der Waals surface area contributed by atoms with Crippen molar-refractivity contribution in [3.05, 3.63) is 22.0 Å². The Kier molecular flexibility index (Phi) is 3.65. The van der Waals surface area contributed by atoms with Gasteiger partial charge in [-0.25, -0.2) is 4.79 Å². The van der Waals surface area contributed by atoms with E-state index in [-0.39, 0.29) is 6.61 Å². The van der Waals surface area contributed by atoms with Gasteiger partial charge in [0, 0.05) is 0 Å². The number of ether oxygens (including phenoxy) is 1. The maximum atomic E-state index is 10.6. The Balaban J connectivity index is 4.12. The second-order valence-corrected chi connectivity index (χ2v) is 1.59. The average Bonchev–Trinajstić information content (AvgIpc) is 1.86. The molecule has 0 aromatic rings. The van der Waals surface area contributed by atoms with Crippen LogP contribution in [-0.4, -0.2) is 17.5 Å². The van der Waals surface area contributed by atoms with Gasteiger partial charge in [-0.1, -0.05) is 0 Å². The zero-order chi connectivity index (χ0) is 8.85. The summed E-state index contributed by atoms with van der Waals surface area (Å²) >= 11 is 0. The highest BCUT2D eigenvalue weighted by atomic mass is 16.6. The van der Waals surface area contributed by atoms with E-state index in [1.165, 1.54) is 0 Å². The van der Waals surface area contributed by atoms with Crippen molar-refractivity contribution >= 4 is 5.97 Å². The van der Waals surface area contributed by atoms with Gasteiger partial charge in [-0.15, -0.1) is 0 Å². The Bertz CT molecular complexity index is 199. The third-order valence-corrected chi connectivity index (χ3v) is 0.756.